The van der Waals surface area contributed by atoms with Crippen LogP contribution in [0.2, 0.25) is 0 Å². The first kappa shape index (κ1) is 21.4. The largest absolute Gasteiger partial charge is 0.356 e. The van der Waals surface area contributed by atoms with Gasteiger partial charge in [0.25, 0.3) is 0 Å². The highest BCUT2D eigenvalue weighted by Crippen LogP contribution is 2.21. The molecule has 2 aliphatic heterocycles. The predicted octanol–water partition coefficient (Wildman–Crippen LogP) is 3.11. The summed E-state index contributed by atoms with van der Waals surface area (Å²) in [6.07, 6.45) is 8.29. The van der Waals surface area contributed by atoms with Crippen molar-refractivity contribution in [1.29, 1.82) is 0 Å². The van der Waals surface area contributed by atoms with Crippen LogP contribution in [0.15, 0.2) is 4.99 Å². The van der Waals surface area contributed by atoms with E-state index in [1.165, 1.54) is 31.5 Å². The highest BCUT2D eigenvalue weighted by Gasteiger charge is 2.23. The quantitative estimate of drug-likeness (QED) is 0.316. The van der Waals surface area contributed by atoms with Crippen molar-refractivity contribution < 1.29 is 0 Å². The Hall–Kier alpha value is -0.860. The third-order valence-corrected chi connectivity index (χ3v) is 5.43. The molecule has 1 saturated heterocycles. The van der Waals surface area contributed by atoms with Gasteiger partial charge in [-0.05, 0) is 37.5 Å². The molecule has 3 heterocycles. The number of hydrogen-bond donors (Lipinski definition) is 1. The molecule has 148 valence electrons. The lowest BCUT2D eigenvalue weighted by molar-refractivity contribution is 0.208. The van der Waals surface area contributed by atoms with Crippen molar-refractivity contribution >= 4 is 29.9 Å². The zero-order valence-corrected chi connectivity index (χ0v) is 18.9. The highest BCUT2D eigenvalue weighted by molar-refractivity contribution is 14.0. The molecule has 0 spiro atoms. The summed E-state index contributed by atoms with van der Waals surface area (Å²) in [5.41, 5.74) is 0. The van der Waals surface area contributed by atoms with Gasteiger partial charge in [-0.25, -0.2) is 0 Å². The fourth-order valence-corrected chi connectivity index (χ4v) is 4.35. The van der Waals surface area contributed by atoms with Crippen LogP contribution in [0.4, 0.5) is 0 Å². The van der Waals surface area contributed by atoms with Crippen LogP contribution in [0.3, 0.4) is 0 Å². The van der Waals surface area contributed by atoms with E-state index >= 15 is 0 Å². The van der Waals surface area contributed by atoms with Crippen molar-refractivity contribution in [1.82, 2.24) is 25.0 Å². The van der Waals surface area contributed by atoms with Crippen LogP contribution >= 0.6 is 24.0 Å². The van der Waals surface area contributed by atoms with E-state index in [0.717, 1.165) is 69.1 Å². The number of nitrogens with one attached hydrogen (secondary N) is 1. The van der Waals surface area contributed by atoms with E-state index < -0.39 is 0 Å². The minimum atomic E-state index is 0. The molecule has 2 atom stereocenters. The Morgan fingerprint density at radius 2 is 1.92 bits per heavy atom. The van der Waals surface area contributed by atoms with Gasteiger partial charge in [-0.3, -0.25) is 4.99 Å². The summed E-state index contributed by atoms with van der Waals surface area (Å²) >= 11 is 0. The van der Waals surface area contributed by atoms with Gasteiger partial charge in [-0.1, -0.05) is 20.3 Å². The second kappa shape index (κ2) is 10.5. The zero-order chi connectivity index (χ0) is 17.6. The molecule has 0 saturated carbocycles. The lowest BCUT2D eigenvalue weighted by Crippen LogP contribution is -2.48. The van der Waals surface area contributed by atoms with Gasteiger partial charge in [0, 0.05) is 46.1 Å². The third kappa shape index (κ3) is 5.57. The van der Waals surface area contributed by atoms with Crippen LogP contribution < -0.4 is 5.32 Å². The maximum absolute atomic E-state index is 4.50. The Bertz CT molecular complexity index is 575. The van der Waals surface area contributed by atoms with Crippen molar-refractivity contribution in [3.63, 3.8) is 0 Å². The van der Waals surface area contributed by atoms with Crippen molar-refractivity contribution in [2.75, 3.05) is 26.7 Å². The average Bonchev–Trinajstić information content (AvgIpc) is 2.81. The predicted molar refractivity (Wildman–Crippen MR) is 117 cm³/mol. The van der Waals surface area contributed by atoms with E-state index in [2.05, 4.69) is 43.8 Å². The number of aromatic nitrogens is 3. The van der Waals surface area contributed by atoms with Crippen LogP contribution in [0.5, 0.6) is 0 Å². The monoisotopic (exact) mass is 474 g/mol. The molecule has 0 radical (unpaired) electrons. The molecule has 0 bridgehead atoms. The van der Waals surface area contributed by atoms with E-state index in [1.54, 1.807) is 0 Å². The highest BCUT2D eigenvalue weighted by atomic mass is 127. The maximum atomic E-state index is 4.50. The molecule has 1 aromatic heterocycles. The summed E-state index contributed by atoms with van der Waals surface area (Å²) in [5, 5.41) is 12.4. The van der Waals surface area contributed by atoms with E-state index in [4.69, 9.17) is 0 Å². The summed E-state index contributed by atoms with van der Waals surface area (Å²) in [6, 6.07) is 0. The molecule has 0 aliphatic carbocycles. The number of aryl methyl sites for hydroxylation is 2. The van der Waals surface area contributed by atoms with Gasteiger partial charge in [-0.15, -0.1) is 34.2 Å². The molecule has 1 fully saturated rings. The number of hydrogen-bond acceptors (Lipinski definition) is 3. The maximum Gasteiger partial charge on any atom is 0.193 e. The number of rotatable bonds is 4. The number of halogens is 1. The first-order valence-electron chi connectivity index (χ1n) is 10.0. The molecule has 0 amide bonds. The molecular weight excluding hydrogens is 439 g/mol. The average molecular weight is 474 g/mol. The zero-order valence-electron chi connectivity index (χ0n) is 16.6. The summed E-state index contributed by atoms with van der Waals surface area (Å²) in [7, 11) is 1.89. The SMILES string of the molecule is CN=C(NCCCc1nnc2n1CCCCC2)N1CC(C)CC(C)C1.I. The van der Waals surface area contributed by atoms with E-state index in [0.29, 0.717) is 0 Å². The Balaban J connectivity index is 0.00000243. The van der Waals surface area contributed by atoms with Gasteiger partial charge in [-0.2, -0.15) is 0 Å². The van der Waals surface area contributed by atoms with Gasteiger partial charge < -0.3 is 14.8 Å². The van der Waals surface area contributed by atoms with Crippen LogP contribution in [0.1, 0.15) is 57.6 Å². The number of piperidine rings is 1. The molecule has 2 aliphatic rings. The topological polar surface area (TPSA) is 58.3 Å². The van der Waals surface area contributed by atoms with Crippen LogP contribution in [-0.4, -0.2) is 52.3 Å². The van der Waals surface area contributed by atoms with Crippen molar-refractivity contribution in [2.24, 2.45) is 16.8 Å². The van der Waals surface area contributed by atoms with Crippen LogP contribution in [0, 0.1) is 11.8 Å². The lowest BCUT2D eigenvalue weighted by Gasteiger charge is -2.37. The summed E-state index contributed by atoms with van der Waals surface area (Å²) in [6.45, 7) is 8.94. The number of likely N-dealkylation sites (tertiary alicyclic amines) is 1. The van der Waals surface area contributed by atoms with Crippen LogP contribution in [0.25, 0.3) is 0 Å². The Morgan fingerprint density at radius 1 is 1.15 bits per heavy atom. The molecule has 6 nitrogen and oxygen atoms in total. The molecule has 2 unspecified atom stereocenters. The molecule has 26 heavy (non-hydrogen) atoms. The molecule has 1 aromatic rings. The molecule has 7 heteroatoms. The van der Waals surface area contributed by atoms with E-state index in [1.807, 2.05) is 7.05 Å². The van der Waals surface area contributed by atoms with Crippen LogP contribution in [-0.2, 0) is 19.4 Å². The molecule has 0 aromatic carbocycles. The lowest BCUT2D eigenvalue weighted by atomic mass is 9.92. The Kier molecular flexibility index (Phi) is 8.63. The normalized spacial score (nSPS) is 23.8. The van der Waals surface area contributed by atoms with Crippen molar-refractivity contribution in [3.05, 3.63) is 11.6 Å². The number of aliphatic imine (C=N–C) groups is 1. The molecule has 3 rings (SSSR count). The van der Waals surface area contributed by atoms with Crippen molar-refractivity contribution in [2.45, 2.75) is 65.3 Å². The second-order valence-electron chi connectivity index (χ2n) is 7.92. The first-order valence-corrected chi connectivity index (χ1v) is 10.0. The number of fused-ring (bicyclic) bond motifs is 1. The third-order valence-electron chi connectivity index (χ3n) is 5.43. The fraction of sp³-hybridized carbons (Fsp3) is 0.842. The first-order chi connectivity index (χ1) is 12.2. The molecule has 1 N–H and O–H groups in total. The Labute approximate surface area is 175 Å². The molecular formula is C19H35IN6. The Morgan fingerprint density at radius 3 is 2.65 bits per heavy atom. The van der Waals surface area contributed by atoms with Gasteiger partial charge in [0.1, 0.15) is 11.6 Å². The standard InChI is InChI=1S/C19H34N6.HI/c1-15-12-16(2)14-24(13-15)19(20-3)21-10-7-9-18-23-22-17-8-5-4-6-11-25(17)18;/h15-16H,4-14H2,1-3H3,(H,20,21);1H. The minimum Gasteiger partial charge on any atom is -0.356 e. The fourth-order valence-electron chi connectivity index (χ4n) is 4.35. The summed E-state index contributed by atoms with van der Waals surface area (Å²) in [4.78, 5) is 6.91. The number of nitrogens with zero attached hydrogens (tertiary/aromatic N) is 5. The van der Waals surface area contributed by atoms with Gasteiger partial charge >= 0.3 is 0 Å². The van der Waals surface area contributed by atoms with Gasteiger partial charge in [0.05, 0.1) is 0 Å². The summed E-state index contributed by atoms with van der Waals surface area (Å²) < 4.78 is 2.36. The van der Waals surface area contributed by atoms with Gasteiger partial charge in [0.2, 0.25) is 0 Å². The second-order valence-corrected chi connectivity index (χ2v) is 7.92. The minimum absolute atomic E-state index is 0. The van der Waals surface area contributed by atoms with Gasteiger partial charge in [0.15, 0.2) is 5.96 Å². The van der Waals surface area contributed by atoms with E-state index in [9.17, 15) is 0 Å². The summed E-state index contributed by atoms with van der Waals surface area (Å²) in [5.74, 6) is 4.89. The number of guanidine groups is 1. The smallest absolute Gasteiger partial charge is 0.193 e. The van der Waals surface area contributed by atoms with E-state index in [-0.39, 0.29) is 24.0 Å². The van der Waals surface area contributed by atoms with Crippen molar-refractivity contribution in [3.8, 4) is 0 Å².